The van der Waals surface area contributed by atoms with Crippen LogP contribution in [0.2, 0.25) is 0 Å². The maximum atomic E-state index is 13.6. The van der Waals surface area contributed by atoms with Gasteiger partial charge >= 0.3 is 0 Å². The van der Waals surface area contributed by atoms with E-state index in [1.165, 1.54) is 0 Å². The fourth-order valence-corrected chi connectivity index (χ4v) is 4.54. The van der Waals surface area contributed by atoms with Crippen LogP contribution in [0.1, 0.15) is 38.9 Å². The molecule has 0 unspecified atom stereocenters. The van der Waals surface area contributed by atoms with Crippen molar-refractivity contribution in [2.75, 3.05) is 6.79 Å². The monoisotopic (exact) mass is 441 g/mol. The first-order chi connectivity index (χ1) is 16.0. The summed E-state index contributed by atoms with van der Waals surface area (Å²) < 4.78 is 16.8. The van der Waals surface area contributed by atoms with Crippen molar-refractivity contribution in [2.24, 2.45) is 0 Å². The van der Waals surface area contributed by atoms with Gasteiger partial charge < -0.3 is 23.9 Å². The molecule has 3 aromatic carbocycles. The van der Waals surface area contributed by atoms with Gasteiger partial charge in [-0.25, -0.2) is 0 Å². The number of hydrogen-bond donors (Lipinski definition) is 1. The Kier molecular flexibility index (Phi) is 4.20. The number of fused-ring (bicyclic) bond motifs is 3. The molecule has 0 fully saturated rings. The third kappa shape index (κ3) is 3.04. The summed E-state index contributed by atoms with van der Waals surface area (Å²) in [5, 5.41) is 10.2. The van der Waals surface area contributed by atoms with Crippen LogP contribution in [-0.2, 0) is 6.54 Å². The van der Waals surface area contributed by atoms with Crippen LogP contribution in [0.3, 0.4) is 0 Å². The van der Waals surface area contributed by atoms with E-state index in [4.69, 9.17) is 13.9 Å². The Bertz CT molecular complexity index is 1490. The molecule has 1 N–H and O–H groups in total. The Morgan fingerprint density at radius 1 is 0.970 bits per heavy atom. The lowest BCUT2D eigenvalue weighted by molar-refractivity contribution is 0.0714. The van der Waals surface area contributed by atoms with Gasteiger partial charge in [-0.1, -0.05) is 29.8 Å². The van der Waals surface area contributed by atoms with Crippen LogP contribution in [-0.4, -0.2) is 22.7 Å². The van der Waals surface area contributed by atoms with Gasteiger partial charge in [0.25, 0.3) is 5.91 Å². The molecule has 7 nitrogen and oxygen atoms in total. The molecule has 0 saturated carbocycles. The molecule has 6 rings (SSSR count). The molecule has 0 radical (unpaired) electrons. The van der Waals surface area contributed by atoms with Gasteiger partial charge in [-0.3, -0.25) is 9.59 Å². The van der Waals surface area contributed by atoms with Crippen LogP contribution < -0.4 is 14.9 Å². The second-order valence-corrected chi connectivity index (χ2v) is 8.29. The van der Waals surface area contributed by atoms with Crippen LogP contribution >= 0.6 is 0 Å². The zero-order valence-electron chi connectivity index (χ0n) is 17.7. The molecule has 0 saturated heterocycles. The maximum absolute atomic E-state index is 13.6. The third-order valence-corrected chi connectivity index (χ3v) is 6.12. The molecule has 4 aromatic rings. The number of rotatable bonds is 3. The van der Waals surface area contributed by atoms with Crippen molar-refractivity contribution >= 4 is 16.9 Å². The minimum absolute atomic E-state index is 0.0511. The zero-order chi connectivity index (χ0) is 22.7. The van der Waals surface area contributed by atoms with Gasteiger partial charge in [-0.05, 0) is 54.4 Å². The first-order valence-electron chi connectivity index (χ1n) is 10.6. The number of phenolic OH excluding ortho intramolecular Hbond substituents is 1. The Hall–Kier alpha value is -4.26. The third-order valence-electron chi connectivity index (χ3n) is 6.12. The molecular formula is C26H19NO6. The molecule has 164 valence electrons. The number of aryl methyl sites for hydroxylation is 1. The summed E-state index contributed by atoms with van der Waals surface area (Å²) in [5.74, 6) is 1.07. The van der Waals surface area contributed by atoms with Crippen molar-refractivity contribution in [2.45, 2.75) is 19.5 Å². The van der Waals surface area contributed by atoms with Crippen molar-refractivity contribution < 1.29 is 23.8 Å². The van der Waals surface area contributed by atoms with Crippen molar-refractivity contribution in [3.8, 4) is 17.2 Å². The summed E-state index contributed by atoms with van der Waals surface area (Å²) in [7, 11) is 0. The Morgan fingerprint density at radius 2 is 1.76 bits per heavy atom. The summed E-state index contributed by atoms with van der Waals surface area (Å²) in [5.41, 5.74) is 2.93. The SMILES string of the molecule is Cc1ccc2oc3c(c(=O)c2c1)[C@H](c1ccc(O)cc1)N(Cc1ccc2c(c1)OCO2)C3=O. The van der Waals surface area contributed by atoms with E-state index in [-0.39, 0.29) is 36.2 Å². The average Bonchev–Trinajstić information content (AvgIpc) is 3.38. The molecule has 0 bridgehead atoms. The van der Waals surface area contributed by atoms with Crippen molar-refractivity contribution in [3.05, 3.63) is 98.9 Å². The molecule has 0 spiro atoms. The number of carbonyl (C=O) groups excluding carboxylic acids is 1. The quantitative estimate of drug-likeness (QED) is 0.511. The van der Waals surface area contributed by atoms with Crippen molar-refractivity contribution in [3.63, 3.8) is 0 Å². The summed E-state index contributed by atoms with van der Waals surface area (Å²) in [6, 6.07) is 16.7. The van der Waals surface area contributed by atoms with E-state index in [1.54, 1.807) is 47.4 Å². The number of ether oxygens (including phenoxy) is 2. The van der Waals surface area contributed by atoms with Crippen LogP contribution in [0.25, 0.3) is 11.0 Å². The summed E-state index contributed by atoms with van der Waals surface area (Å²) in [6.45, 7) is 2.30. The van der Waals surface area contributed by atoms with Gasteiger partial charge in [-0.15, -0.1) is 0 Å². The highest BCUT2D eigenvalue weighted by atomic mass is 16.7. The Labute approximate surface area is 188 Å². The fraction of sp³-hybridized carbons (Fsp3) is 0.154. The van der Waals surface area contributed by atoms with Crippen LogP contribution in [0, 0.1) is 6.92 Å². The standard InChI is InChI=1S/C26H19NO6/c1-14-2-8-19-18(10-14)24(29)22-23(16-4-6-17(28)7-5-16)27(26(30)25(22)33-19)12-15-3-9-20-21(11-15)32-13-31-20/h2-11,23,28H,12-13H2,1H3/t23-/m0/s1. The molecule has 33 heavy (non-hydrogen) atoms. The maximum Gasteiger partial charge on any atom is 0.291 e. The number of carbonyl (C=O) groups is 1. The van der Waals surface area contributed by atoms with E-state index in [0.717, 1.165) is 11.1 Å². The Balaban J connectivity index is 1.52. The first kappa shape index (κ1) is 19.4. The van der Waals surface area contributed by atoms with Gasteiger partial charge in [0.2, 0.25) is 12.6 Å². The molecule has 1 amide bonds. The normalized spacial score (nSPS) is 16.5. The zero-order valence-corrected chi connectivity index (χ0v) is 17.7. The van der Waals surface area contributed by atoms with E-state index in [1.807, 2.05) is 25.1 Å². The predicted octanol–water partition coefficient (Wildman–Crippen LogP) is 4.28. The lowest BCUT2D eigenvalue weighted by Crippen LogP contribution is -2.29. The highest BCUT2D eigenvalue weighted by molar-refractivity contribution is 5.99. The van der Waals surface area contributed by atoms with Gasteiger partial charge in [0.15, 0.2) is 16.9 Å². The second-order valence-electron chi connectivity index (χ2n) is 8.29. The molecule has 1 atom stereocenters. The number of phenols is 1. The molecule has 3 heterocycles. The minimum atomic E-state index is -0.653. The van der Waals surface area contributed by atoms with Gasteiger partial charge in [0.05, 0.1) is 17.0 Å². The van der Waals surface area contributed by atoms with Crippen LogP contribution in [0.5, 0.6) is 17.2 Å². The molecule has 2 aliphatic heterocycles. The number of hydrogen-bond acceptors (Lipinski definition) is 6. The van der Waals surface area contributed by atoms with Crippen LogP contribution in [0.4, 0.5) is 0 Å². The number of aromatic hydroxyl groups is 1. The van der Waals surface area contributed by atoms with Crippen LogP contribution in [0.15, 0.2) is 69.9 Å². The first-order valence-corrected chi connectivity index (χ1v) is 10.6. The fourth-order valence-electron chi connectivity index (χ4n) is 4.54. The van der Waals surface area contributed by atoms with Gasteiger partial charge in [0.1, 0.15) is 11.3 Å². The summed E-state index contributed by atoms with van der Waals surface area (Å²) >= 11 is 0. The smallest absolute Gasteiger partial charge is 0.291 e. The Morgan fingerprint density at radius 3 is 2.58 bits per heavy atom. The van der Waals surface area contributed by atoms with Gasteiger partial charge in [-0.2, -0.15) is 0 Å². The predicted molar refractivity (Wildman–Crippen MR) is 120 cm³/mol. The van der Waals surface area contributed by atoms with E-state index in [0.29, 0.717) is 33.6 Å². The number of benzene rings is 3. The topological polar surface area (TPSA) is 89.2 Å². The lowest BCUT2D eigenvalue weighted by atomic mass is 9.98. The molecule has 0 aliphatic carbocycles. The molecular weight excluding hydrogens is 422 g/mol. The van der Waals surface area contributed by atoms with E-state index >= 15 is 0 Å². The lowest BCUT2D eigenvalue weighted by Gasteiger charge is -2.25. The van der Waals surface area contributed by atoms with Crippen molar-refractivity contribution in [1.82, 2.24) is 4.90 Å². The van der Waals surface area contributed by atoms with E-state index in [9.17, 15) is 14.7 Å². The minimum Gasteiger partial charge on any atom is -0.508 e. The van der Waals surface area contributed by atoms with Gasteiger partial charge in [0, 0.05) is 6.54 Å². The van der Waals surface area contributed by atoms with E-state index < -0.39 is 6.04 Å². The average molecular weight is 441 g/mol. The summed E-state index contributed by atoms with van der Waals surface area (Å²) in [4.78, 5) is 28.7. The van der Waals surface area contributed by atoms with Crippen molar-refractivity contribution in [1.29, 1.82) is 0 Å². The summed E-state index contributed by atoms with van der Waals surface area (Å²) in [6.07, 6.45) is 0. The molecule has 7 heteroatoms. The molecule has 1 aromatic heterocycles. The highest BCUT2D eigenvalue weighted by Gasteiger charge is 2.42. The highest BCUT2D eigenvalue weighted by Crippen LogP contribution is 2.40. The number of amides is 1. The van der Waals surface area contributed by atoms with E-state index in [2.05, 4.69) is 0 Å². The largest absolute Gasteiger partial charge is 0.508 e. The second kappa shape index (κ2) is 7.13. The molecule has 2 aliphatic rings. The number of nitrogens with zero attached hydrogens (tertiary/aromatic N) is 1.